The van der Waals surface area contributed by atoms with E-state index in [1.54, 1.807) is 7.05 Å². The number of halogens is 2. The van der Waals surface area contributed by atoms with Gasteiger partial charge in [-0.15, -0.1) is 0 Å². The van der Waals surface area contributed by atoms with Gasteiger partial charge in [-0.05, 0) is 26.0 Å². The van der Waals surface area contributed by atoms with Gasteiger partial charge in [0.2, 0.25) is 0 Å². The first kappa shape index (κ1) is 15.9. The summed E-state index contributed by atoms with van der Waals surface area (Å²) in [4.78, 5) is 15.9. The van der Waals surface area contributed by atoms with E-state index in [2.05, 4.69) is 17.0 Å². The zero-order valence-electron chi connectivity index (χ0n) is 12.5. The molecule has 21 heavy (non-hydrogen) atoms. The number of carbonyl (C=O) groups is 1. The van der Waals surface area contributed by atoms with Crippen LogP contribution in [0.25, 0.3) is 0 Å². The summed E-state index contributed by atoms with van der Waals surface area (Å²) < 4.78 is 25.4. The molecule has 0 unspecified atom stereocenters. The number of nitrogens with zero attached hydrogens (tertiary/aromatic N) is 4. The third kappa shape index (κ3) is 4.00. The monoisotopic (exact) mass is 300 g/mol. The maximum atomic E-state index is 12.4. The highest BCUT2D eigenvalue weighted by atomic mass is 19.3. The van der Waals surface area contributed by atoms with E-state index < -0.39 is 6.55 Å². The Kier molecular flexibility index (Phi) is 5.27. The second kappa shape index (κ2) is 6.98. The predicted molar refractivity (Wildman–Crippen MR) is 75.3 cm³/mol. The molecule has 1 saturated carbocycles. The molecule has 0 radical (unpaired) electrons. The Morgan fingerprint density at radius 3 is 2.62 bits per heavy atom. The van der Waals surface area contributed by atoms with Gasteiger partial charge in [-0.3, -0.25) is 4.79 Å². The molecule has 0 aromatic carbocycles. The Balaban J connectivity index is 1.83. The predicted octanol–water partition coefficient (Wildman–Crippen LogP) is 2.22. The zero-order chi connectivity index (χ0) is 15.4. The Morgan fingerprint density at radius 2 is 2.05 bits per heavy atom. The second-order valence-electron chi connectivity index (χ2n) is 5.60. The Labute approximate surface area is 123 Å². The van der Waals surface area contributed by atoms with E-state index in [1.807, 2.05) is 0 Å². The van der Waals surface area contributed by atoms with Crippen LogP contribution >= 0.6 is 0 Å². The van der Waals surface area contributed by atoms with Crippen molar-refractivity contribution < 1.29 is 13.6 Å². The topological polar surface area (TPSA) is 41.4 Å². The van der Waals surface area contributed by atoms with Crippen molar-refractivity contribution in [3.05, 3.63) is 18.0 Å². The first-order valence-electron chi connectivity index (χ1n) is 7.28. The van der Waals surface area contributed by atoms with Gasteiger partial charge >= 0.3 is 6.55 Å². The third-order valence-electron chi connectivity index (χ3n) is 4.11. The van der Waals surface area contributed by atoms with E-state index >= 15 is 0 Å². The van der Waals surface area contributed by atoms with E-state index in [0.29, 0.717) is 17.3 Å². The number of hydrogen-bond acceptors (Lipinski definition) is 3. The summed E-state index contributed by atoms with van der Waals surface area (Å²) in [6.45, 7) is -1.37. The number of likely N-dealkylation sites (N-methyl/N-ethyl adjacent to an activating group) is 2. The summed E-state index contributed by atoms with van der Waals surface area (Å²) in [5.74, 6) is -0.325. The lowest BCUT2D eigenvalue weighted by atomic mass is 10.2. The minimum atomic E-state index is -2.72. The highest BCUT2D eigenvalue weighted by Gasteiger charge is 2.21. The van der Waals surface area contributed by atoms with E-state index in [0.717, 1.165) is 12.7 Å². The molecule has 1 amide bonds. The van der Waals surface area contributed by atoms with Gasteiger partial charge in [-0.1, -0.05) is 12.8 Å². The van der Waals surface area contributed by atoms with Crippen molar-refractivity contribution >= 4 is 5.91 Å². The molecule has 0 saturated heterocycles. The molecule has 1 aromatic heterocycles. The van der Waals surface area contributed by atoms with Crippen LogP contribution < -0.4 is 0 Å². The number of aromatic nitrogens is 2. The van der Waals surface area contributed by atoms with Crippen LogP contribution in [-0.2, 0) is 0 Å². The van der Waals surface area contributed by atoms with Crippen LogP contribution in [0.15, 0.2) is 12.3 Å². The summed E-state index contributed by atoms with van der Waals surface area (Å²) in [6.07, 6.45) is 6.10. The van der Waals surface area contributed by atoms with Crippen molar-refractivity contribution in [1.82, 2.24) is 19.6 Å². The average Bonchev–Trinajstić information content (AvgIpc) is 3.13. The molecule has 118 valence electrons. The van der Waals surface area contributed by atoms with E-state index in [4.69, 9.17) is 0 Å². The lowest BCUT2D eigenvalue weighted by Gasteiger charge is -2.26. The molecule has 0 spiro atoms. The molecule has 1 fully saturated rings. The molecular weight excluding hydrogens is 278 g/mol. The van der Waals surface area contributed by atoms with Crippen LogP contribution in [-0.4, -0.2) is 58.7 Å². The molecule has 1 heterocycles. The lowest BCUT2D eigenvalue weighted by molar-refractivity contribution is 0.0553. The number of alkyl halides is 2. The second-order valence-corrected chi connectivity index (χ2v) is 5.60. The summed E-state index contributed by atoms with van der Waals surface area (Å²) in [6, 6.07) is 1.93. The van der Waals surface area contributed by atoms with Gasteiger partial charge in [0.15, 0.2) is 5.69 Å². The van der Waals surface area contributed by atoms with Crippen LogP contribution in [0, 0.1) is 0 Å². The normalized spacial score (nSPS) is 16.1. The number of amides is 1. The van der Waals surface area contributed by atoms with Gasteiger partial charge in [-0.2, -0.15) is 13.9 Å². The maximum Gasteiger partial charge on any atom is 0.333 e. The Morgan fingerprint density at radius 1 is 1.38 bits per heavy atom. The zero-order valence-corrected chi connectivity index (χ0v) is 12.5. The molecule has 0 N–H and O–H groups in total. The molecule has 0 bridgehead atoms. The molecule has 5 nitrogen and oxygen atoms in total. The fourth-order valence-electron chi connectivity index (χ4n) is 2.69. The van der Waals surface area contributed by atoms with Gasteiger partial charge in [-0.25, -0.2) is 4.68 Å². The van der Waals surface area contributed by atoms with Crippen LogP contribution in [0.2, 0.25) is 0 Å². The standard InChI is InChI=1S/C14H22F2N4O/c1-18(11-5-3-4-6-11)9-10-19(2)13(21)12-7-8-20(17-12)14(15)16/h7-8,11,14H,3-6,9-10H2,1-2H3. The molecule has 1 aliphatic rings. The highest BCUT2D eigenvalue weighted by molar-refractivity contribution is 5.91. The molecule has 2 rings (SSSR count). The largest absolute Gasteiger partial charge is 0.339 e. The fraction of sp³-hybridized carbons (Fsp3) is 0.714. The van der Waals surface area contributed by atoms with Crippen LogP contribution in [0.4, 0.5) is 8.78 Å². The van der Waals surface area contributed by atoms with Crippen molar-refractivity contribution in [3.63, 3.8) is 0 Å². The van der Waals surface area contributed by atoms with E-state index in [-0.39, 0.29) is 11.6 Å². The van der Waals surface area contributed by atoms with Gasteiger partial charge in [0.05, 0.1) is 0 Å². The minimum Gasteiger partial charge on any atom is -0.339 e. The molecule has 0 atom stereocenters. The summed E-state index contributed by atoms with van der Waals surface area (Å²) in [5.41, 5.74) is 0.0568. The quantitative estimate of drug-likeness (QED) is 0.809. The Bertz CT molecular complexity index is 471. The van der Waals surface area contributed by atoms with Crippen LogP contribution in [0.5, 0.6) is 0 Å². The van der Waals surface area contributed by atoms with Crippen molar-refractivity contribution in [1.29, 1.82) is 0 Å². The lowest BCUT2D eigenvalue weighted by Crippen LogP contribution is -2.38. The van der Waals surface area contributed by atoms with Crippen molar-refractivity contribution in [2.24, 2.45) is 0 Å². The van der Waals surface area contributed by atoms with Gasteiger partial charge < -0.3 is 9.80 Å². The van der Waals surface area contributed by atoms with Gasteiger partial charge in [0, 0.05) is 32.4 Å². The van der Waals surface area contributed by atoms with Crippen molar-refractivity contribution in [3.8, 4) is 0 Å². The summed E-state index contributed by atoms with van der Waals surface area (Å²) >= 11 is 0. The molecule has 1 aliphatic carbocycles. The van der Waals surface area contributed by atoms with E-state index in [9.17, 15) is 13.6 Å². The number of rotatable bonds is 6. The van der Waals surface area contributed by atoms with Gasteiger partial charge in [0.25, 0.3) is 5.91 Å². The van der Waals surface area contributed by atoms with Crippen LogP contribution in [0.1, 0.15) is 42.7 Å². The molecule has 0 aliphatic heterocycles. The van der Waals surface area contributed by atoms with Crippen molar-refractivity contribution in [2.75, 3.05) is 27.2 Å². The molecule has 1 aromatic rings. The third-order valence-corrected chi connectivity index (χ3v) is 4.11. The average molecular weight is 300 g/mol. The van der Waals surface area contributed by atoms with Crippen molar-refractivity contribution in [2.45, 2.75) is 38.3 Å². The first-order chi connectivity index (χ1) is 9.99. The first-order valence-corrected chi connectivity index (χ1v) is 7.28. The maximum absolute atomic E-state index is 12.4. The Hall–Kier alpha value is -1.50. The molecule has 7 heteroatoms. The van der Waals surface area contributed by atoms with Gasteiger partial charge in [0.1, 0.15) is 0 Å². The number of carbonyl (C=O) groups excluding carboxylic acids is 1. The SMILES string of the molecule is CN(CCN(C)C1CCCC1)C(=O)c1ccn(C(F)F)n1. The molecular formula is C14H22F2N4O. The smallest absolute Gasteiger partial charge is 0.333 e. The summed E-state index contributed by atoms with van der Waals surface area (Å²) in [5, 5.41) is 3.60. The number of hydrogen-bond donors (Lipinski definition) is 0. The summed E-state index contributed by atoms with van der Waals surface area (Å²) in [7, 11) is 3.74. The van der Waals surface area contributed by atoms with E-state index in [1.165, 1.54) is 36.6 Å². The fourth-order valence-corrected chi connectivity index (χ4v) is 2.69. The highest BCUT2D eigenvalue weighted by Crippen LogP contribution is 2.22. The van der Waals surface area contributed by atoms with Crippen LogP contribution in [0.3, 0.4) is 0 Å². The minimum absolute atomic E-state index is 0.0568.